The third kappa shape index (κ3) is 4.69. The standard InChI is InChI=1S/C21H24N2O2/c1-2-6-19(15-7-4-3-5-8-15)21(25)23-18-13-11-17(12-14-18)22-20(24)16-9-10-16/h3-5,7-8,11-14,16,19H,2,6,9-10H2,1H3,(H,22,24)(H,23,25)/t19-/m0/s1. The van der Waals surface area contributed by atoms with E-state index in [1.54, 1.807) is 0 Å². The van der Waals surface area contributed by atoms with Crippen LogP contribution in [0.15, 0.2) is 54.6 Å². The van der Waals surface area contributed by atoms with Gasteiger partial charge in [-0.15, -0.1) is 0 Å². The molecular formula is C21H24N2O2. The van der Waals surface area contributed by atoms with Crippen LogP contribution in [-0.4, -0.2) is 11.8 Å². The number of hydrogen-bond acceptors (Lipinski definition) is 2. The Bertz CT molecular complexity index is 721. The summed E-state index contributed by atoms with van der Waals surface area (Å²) in [5.41, 5.74) is 2.55. The quantitative estimate of drug-likeness (QED) is 0.779. The Morgan fingerprint density at radius 1 is 0.960 bits per heavy atom. The summed E-state index contributed by atoms with van der Waals surface area (Å²) in [5, 5.41) is 5.89. The molecule has 2 aromatic carbocycles. The van der Waals surface area contributed by atoms with Crippen LogP contribution in [0.3, 0.4) is 0 Å². The zero-order chi connectivity index (χ0) is 17.6. The lowest BCUT2D eigenvalue weighted by molar-refractivity contribution is -0.118. The first-order chi connectivity index (χ1) is 12.2. The second kappa shape index (κ2) is 7.97. The second-order valence-corrected chi connectivity index (χ2v) is 6.58. The van der Waals surface area contributed by atoms with E-state index in [0.29, 0.717) is 0 Å². The summed E-state index contributed by atoms with van der Waals surface area (Å²) in [4.78, 5) is 24.5. The van der Waals surface area contributed by atoms with Gasteiger partial charge in [0, 0.05) is 17.3 Å². The Morgan fingerprint density at radius 2 is 1.56 bits per heavy atom. The van der Waals surface area contributed by atoms with Crippen LogP contribution in [0.1, 0.15) is 44.1 Å². The molecule has 0 aromatic heterocycles. The van der Waals surface area contributed by atoms with Gasteiger partial charge in [-0.3, -0.25) is 9.59 Å². The molecule has 0 spiro atoms. The van der Waals surface area contributed by atoms with E-state index in [9.17, 15) is 9.59 Å². The van der Waals surface area contributed by atoms with Gasteiger partial charge in [0.2, 0.25) is 11.8 Å². The third-order valence-corrected chi connectivity index (χ3v) is 4.46. The van der Waals surface area contributed by atoms with E-state index < -0.39 is 0 Å². The summed E-state index contributed by atoms with van der Waals surface area (Å²) in [6, 6.07) is 17.2. The molecular weight excluding hydrogens is 312 g/mol. The molecule has 0 saturated heterocycles. The molecule has 0 bridgehead atoms. The largest absolute Gasteiger partial charge is 0.326 e. The van der Waals surface area contributed by atoms with Crippen LogP contribution in [0, 0.1) is 5.92 Å². The molecule has 130 valence electrons. The van der Waals surface area contributed by atoms with E-state index in [1.165, 1.54) is 0 Å². The number of rotatable bonds is 7. The Morgan fingerprint density at radius 3 is 2.12 bits per heavy atom. The summed E-state index contributed by atoms with van der Waals surface area (Å²) in [7, 11) is 0. The molecule has 0 aliphatic heterocycles. The van der Waals surface area contributed by atoms with Crippen molar-refractivity contribution in [3.05, 3.63) is 60.2 Å². The predicted molar refractivity (Wildman–Crippen MR) is 101 cm³/mol. The monoisotopic (exact) mass is 336 g/mol. The maximum Gasteiger partial charge on any atom is 0.231 e. The molecule has 25 heavy (non-hydrogen) atoms. The van der Waals surface area contributed by atoms with Crippen LogP contribution in [0.25, 0.3) is 0 Å². The van der Waals surface area contributed by atoms with Crippen molar-refractivity contribution in [3.8, 4) is 0 Å². The number of anilines is 2. The van der Waals surface area contributed by atoms with Gasteiger partial charge in [-0.25, -0.2) is 0 Å². The minimum absolute atomic E-state index is 0.00261. The average molecular weight is 336 g/mol. The van der Waals surface area contributed by atoms with Gasteiger partial charge in [-0.1, -0.05) is 43.7 Å². The van der Waals surface area contributed by atoms with Crippen LogP contribution in [0.5, 0.6) is 0 Å². The molecule has 1 aliphatic rings. The highest BCUT2D eigenvalue weighted by molar-refractivity contribution is 5.97. The van der Waals surface area contributed by atoms with Gasteiger partial charge in [0.25, 0.3) is 0 Å². The highest BCUT2D eigenvalue weighted by Gasteiger charge is 2.29. The summed E-state index contributed by atoms with van der Waals surface area (Å²) >= 11 is 0. The molecule has 4 nitrogen and oxygen atoms in total. The van der Waals surface area contributed by atoms with E-state index >= 15 is 0 Å². The van der Waals surface area contributed by atoms with Gasteiger partial charge in [0.15, 0.2) is 0 Å². The highest BCUT2D eigenvalue weighted by Crippen LogP contribution is 2.30. The van der Waals surface area contributed by atoms with Crippen molar-refractivity contribution in [2.45, 2.75) is 38.5 Å². The molecule has 4 heteroatoms. The van der Waals surface area contributed by atoms with Crippen molar-refractivity contribution in [2.24, 2.45) is 5.92 Å². The third-order valence-electron chi connectivity index (χ3n) is 4.46. The first-order valence-electron chi connectivity index (χ1n) is 8.94. The summed E-state index contributed by atoms with van der Waals surface area (Å²) < 4.78 is 0. The van der Waals surface area contributed by atoms with Gasteiger partial charge in [-0.2, -0.15) is 0 Å². The van der Waals surface area contributed by atoms with E-state index in [2.05, 4.69) is 17.6 Å². The Balaban J connectivity index is 1.63. The van der Waals surface area contributed by atoms with Crippen molar-refractivity contribution in [1.29, 1.82) is 0 Å². The van der Waals surface area contributed by atoms with Gasteiger partial charge >= 0.3 is 0 Å². The lowest BCUT2D eigenvalue weighted by atomic mass is 9.93. The van der Waals surface area contributed by atoms with E-state index in [0.717, 1.165) is 42.6 Å². The van der Waals surface area contributed by atoms with Crippen molar-refractivity contribution < 1.29 is 9.59 Å². The van der Waals surface area contributed by atoms with Crippen molar-refractivity contribution in [2.75, 3.05) is 10.6 Å². The fourth-order valence-corrected chi connectivity index (χ4v) is 2.88. The molecule has 1 atom stereocenters. The van der Waals surface area contributed by atoms with Crippen molar-refractivity contribution in [1.82, 2.24) is 0 Å². The zero-order valence-electron chi connectivity index (χ0n) is 14.5. The first-order valence-corrected chi connectivity index (χ1v) is 8.94. The van der Waals surface area contributed by atoms with Gasteiger partial charge < -0.3 is 10.6 Å². The normalized spacial score (nSPS) is 14.6. The van der Waals surface area contributed by atoms with Gasteiger partial charge in [0.1, 0.15) is 0 Å². The maximum atomic E-state index is 12.7. The first kappa shape index (κ1) is 17.2. The zero-order valence-corrected chi connectivity index (χ0v) is 14.5. The molecule has 1 aliphatic carbocycles. The number of nitrogens with one attached hydrogen (secondary N) is 2. The van der Waals surface area contributed by atoms with Crippen LogP contribution >= 0.6 is 0 Å². The summed E-state index contributed by atoms with van der Waals surface area (Å²) in [6.07, 6.45) is 3.72. The topological polar surface area (TPSA) is 58.2 Å². The van der Waals surface area contributed by atoms with Gasteiger partial charge in [0.05, 0.1) is 5.92 Å². The predicted octanol–water partition coefficient (Wildman–Crippen LogP) is 4.56. The molecule has 0 heterocycles. The molecule has 2 N–H and O–H groups in total. The number of hydrogen-bond donors (Lipinski definition) is 2. The lowest BCUT2D eigenvalue weighted by Gasteiger charge is -2.17. The van der Waals surface area contributed by atoms with Crippen molar-refractivity contribution >= 4 is 23.2 Å². The number of amides is 2. The van der Waals surface area contributed by atoms with E-state index in [1.807, 2.05) is 54.6 Å². The molecule has 2 aromatic rings. The highest BCUT2D eigenvalue weighted by atomic mass is 16.2. The molecule has 1 saturated carbocycles. The summed E-state index contributed by atoms with van der Waals surface area (Å²) in [6.45, 7) is 2.08. The smallest absolute Gasteiger partial charge is 0.231 e. The molecule has 0 unspecified atom stereocenters. The number of carbonyl (C=O) groups excluding carboxylic acids is 2. The average Bonchev–Trinajstić information content (AvgIpc) is 3.47. The molecule has 3 rings (SSSR count). The lowest BCUT2D eigenvalue weighted by Crippen LogP contribution is -2.21. The van der Waals surface area contributed by atoms with E-state index in [-0.39, 0.29) is 23.7 Å². The minimum Gasteiger partial charge on any atom is -0.326 e. The second-order valence-electron chi connectivity index (χ2n) is 6.58. The fraction of sp³-hybridized carbons (Fsp3) is 0.333. The van der Waals surface area contributed by atoms with Gasteiger partial charge in [-0.05, 0) is 49.1 Å². The number of carbonyl (C=O) groups is 2. The maximum absolute atomic E-state index is 12.7. The van der Waals surface area contributed by atoms with E-state index in [4.69, 9.17) is 0 Å². The van der Waals surface area contributed by atoms with Crippen molar-refractivity contribution in [3.63, 3.8) is 0 Å². The fourth-order valence-electron chi connectivity index (χ4n) is 2.88. The molecule has 0 radical (unpaired) electrons. The summed E-state index contributed by atoms with van der Waals surface area (Å²) in [5.74, 6) is 0.118. The van der Waals surface area contributed by atoms with Crippen LogP contribution in [0.2, 0.25) is 0 Å². The SMILES string of the molecule is CCC[C@H](C(=O)Nc1ccc(NC(=O)C2CC2)cc1)c1ccccc1. The van der Waals surface area contributed by atoms with Crippen LogP contribution in [-0.2, 0) is 9.59 Å². The molecule has 1 fully saturated rings. The Labute approximate surface area is 148 Å². The molecule has 2 amide bonds. The van der Waals surface area contributed by atoms with Crippen LogP contribution < -0.4 is 10.6 Å². The number of benzene rings is 2. The Kier molecular flexibility index (Phi) is 5.49. The van der Waals surface area contributed by atoms with Crippen LogP contribution in [0.4, 0.5) is 11.4 Å². The minimum atomic E-state index is -0.152. The Hall–Kier alpha value is -2.62.